The molecule has 0 atom stereocenters. The maximum Gasteiger partial charge on any atom is 0.191 e. The van der Waals surface area contributed by atoms with Gasteiger partial charge in [-0.3, -0.25) is 9.98 Å². The van der Waals surface area contributed by atoms with Crippen LogP contribution in [0.2, 0.25) is 0 Å². The first-order valence-electron chi connectivity index (χ1n) is 9.39. The van der Waals surface area contributed by atoms with Crippen LogP contribution >= 0.6 is 24.0 Å². The monoisotopic (exact) mass is 498 g/mol. The highest BCUT2D eigenvalue weighted by Gasteiger charge is 2.04. The van der Waals surface area contributed by atoms with Crippen LogP contribution in [0, 0.1) is 0 Å². The predicted molar refractivity (Wildman–Crippen MR) is 125 cm³/mol. The van der Waals surface area contributed by atoms with Crippen molar-refractivity contribution in [2.24, 2.45) is 4.99 Å². The highest BCUT2D eigenvalue weighted by Crippen LogP contribution is 2.27. The number of nitrogens with one attached hydrogen (secondary N) is 2. The lowest BCUT2D eigenvalue weighted by molar-refractivity contribution is 0.354. The van der Waals surface area contributed by atoms with E-state index >= 15 is 0 Å². The van der Waals surface area contributed by atoms with E-state index in [-0.39, 0.29) is 24.0 Å². The Hall–Kier alpha value is -2.03. The van der Waals surface area contributed by atoms with Crippen LogP contribution in [-0.2, 0) is 12.8 Å². The van der Waals surface area contributed by atoms with Gasteiger partial charge >= 0.3 is 0 Å². The lowest BCUT2D eigenvalue weighted by Crippen LogP contribution is -2.38. The molecule has 1 heterocycles. The predicted octanol–water partition coefficient (Wildman–Crippen LogP) is 3.45. The van der Waals surface area contributed by atoms with E-state index in [0.29, 0.717) is 0 Å². The van der Waals surface area contributed by atoms with Crippen LogP contribution in [0.1, 0.15) is 24.6 Å². The standard InChI is InChI=1S/C21H30N4O2.HI/c1-4-22-21(25-15-12-18-9-5-6-13-23-18)24-14-7-8-17-10-11-19(26-2)20(16-17)27-3;/h5-6,9-11,13,16H,4,7-8,12,14-15H2,1-3H3,(H2,22,24,25);1H. The van der Waals surface area contributed by atoms with Crippen molar-refractivity contribution in [2.75, 3.05) is 33.9 Å². The van der Waals surface area contributed by atoms with Gasteiger partial charge in [0.25, 0.3) is 0 Å². The van der Waals surface area contributed by atoms with Gasteiger partial charge < -0.3 is 20.1 Å². The lowest BCUT2D eigenvalue weighted by atomic mass is 10.1. The first-order valence-corrected chi connectivity index (χ1v) is 9.39. The van der Waals surface area contributed by atoms with Crippen LogP contribution < -0.4 is 20.1 Å². The molecular weight excluding hydrogens is 467 g/mol. The van der Waals surface area contributed by atoms with Crippen LogP contribution in [0.4, 0.5) is 0 Å². The van der Waals surface area contributed by atoms with Gasteiger partial charge in [0.2, 0.25) is 0 Å². The molecule has 1 aromatic heterocycles. The number of halogens is 1. The first-order chi connectivity index (χ1) is 13.3. The number of rotatable bonds is 10. The molecule has 0 saturated carbocycles. The second-order valence-electron chi connectivity index (χ2n) is 6.05. The van der Waals surface area contributed by atoms with Gasteiger partial charge in [-0.15, -0.1) is 24.0 Å². The quantitative estimate of drug-likeness (QED) is 0.227. The van der Waals surface area contributed by atoms with E-state index in [0.717, 1.165) is 62.0 Å². The maximum absolute atomic E-state index is 5.36. The van der Waals surface area contributed by atoms with Gasteiger partial charge in [0.05, 0.1) is 14.2 Å². The number of methoxy groups -OCH3 is 2. The molecule has 0 bridgehead atoms. The Bertz CT molecular complexity index is 711. The number of benzene rings is 1. The molecular formula is C21H31IN4O2. The summed E-state index contributed by atoms with van der Waals surface area (Å²) in [6, 6.07) is 12.0. The number of nitrogens with zero attached hydrogens (tertiary/aromatic N) is 2. The average molecular weight is 498 g/mol. The third kappa shape index (κ3) is 8.33. The van der Waals surface area contributed by atoms with Crippen molar-refractivity contribution >= 4 is 29.9 Å². The van der Waals surface area contributed by atoms with Gasteiger partial charge in [-0.2, -0.15) is 0 Å². The summed E-state index contributed by atoms with van der Waals surface area (Å²) in [6.07, 6.45) is 4.60. The van der Waals surface area contributed by atoms with Crippen molar-refractivity contribution < 1.29 is 9.47 Å². The van der Waals surface area contributed by atoms with E-state index in [1.807, 2.05) is 36.5 Å². The van der Waals surface area contributed by atoms with Crippen molar-refractivity contribution in [2.45, 2.75) is 26.2 Å². The molecule has 6 nitrogen and oxygen atoms in total. The van der Waals surface area contributed by atoms with Gasteiger partial charge in [-0.25, -0.2) is 0 Å². The highest BCUT2D eigenvalue weighted by atomic mass is 127. The second kappa shape index (κ2) is 14.0. The molecule has 2 rings (SSSR count). The highest BCUT2D eigenvalue weighted by molar-refractivity contribution is 14.0. The van der Waals surface area contributed by atoms with E-state index in [2.05, 4.69) is 33.6 Å². The summed E-state index contributed by atoms with van der Waals surface area (Å²) in [5.74, 6) is 2.37. The Labute approximate surface area is 185 Å². The van der Waals surface area contributed by atoms with Gasteiger partial charge in [0.1, 0.15) is 0 Å². The second-order valence-corrected chi connectivity index (χ2v) is 6.05. The number of aliphatic imine (C=N–C) groups is 1. The summed E-state index contributed by atoms with van der Waals surface area (Å²) >= 11 is 0. The van der Waals surface area contributed by atoms with Crippen LogP contribution in [0.15, 0.2) is 47.6 Å². The van der Waals surface area contributed by atoms with E-state index in [1.165, 1.54) is 5.56 Å². The van der Waals surface area contributed by atoms with E-state index in [1.54, 1.807) is 14.2 Å². The number of guanidine groups is 1. The van der Waals surface area contributed by atoms with Crippen molar-refractivity contribution in [3.05, 3.63) is 53.9 Å². The fourth-order valence-electron chi connectivity index (χ4n) is 2.71. The normalized spacial score (nSPS) is 10.8. The zero-order chi connectivity index (χ0) is 19.3. The minimum absolute atomic E-state index is 0. The van der Waals surface area contributed by atoms with E-state index in [9.17, 15) is 0 Å². The topological polar surface area (TPSA) is 67.8 Å². The van der Waals surface area contributed by atoms with E-state index < -0.39 is 0 Å². The summed E-state index contributed by atoms with van der Waals surface area (Å²) in [7, 11) is 3.31. The molecule has 7 heteroatoms. The van der Waals surface area contributed by atoms with Crippen molar-refractivity contribution in [1.29, 1.82) is 0 Å². The third-order valence-corrected chi connectivity index (χ3v) is 4.09. The van der Waals surface area contributed by atoms with E-state index in [4.69, 9.17) is 9.47 Å². The zero-order valence-corrected chi connectivity index (χ0v) is 19.2. The Morgan fingerprint density at radius 2 is 1.86 bits per heavy atom. The van der Waals surface area contributed by atoms with Crippen LogP contribution in [0.5, 0.6) is 11.5 Å². The molecule has 28 heavy (non-hydrogen) atoms. The van der Waals surface area contributed by atoms with Crippen LogP contribution in [0.3, 0.4) is 0 Å². The molecule has 2 aromatic rings. The molecule has 0 saturated heterocycles. The molecule has 0 spiro atoms. The minimum atomic E-state index is 0. The largest absolute Gasteiger partial charge is 0.493 e. The molecule has 0 unspecified atom stereocenters. The zero-order valence-electron chi connectivity index (χ0n) is 16.9. The summed E-state index contributed by atoms with van der Waals surface area (Å²) in [5.41, 5.74) is 2.30. The molecule has 0 fully saturated rings. The maximum atomic E-state index is 5.36. The first kappa shape index (κ1) is 24.0. The molecule has 0 amide bonds. The fraction of sp³-hybridized carbons (Fsp3) is 0.429. The molecule has 0 aliphatic heterocycles. The number of hydrogen-bond acceptors (Lipinski definition) is 4. The number of ether oxygens (including phenoxy) is 2. The van der Waals surface area contributed by atoms with Gasteiger partial charge in [0, 0.05) is 37.9 Å². The SMILES string of the molecule is CCNC(=NCCCc1ccc(OC)c(OC)c1)NCCc1ccccn1.I. The number of pyridine rings is 1. The molecule has 0 aliphatic rings. The summed E-state index contributed by atoms with van der Waals surface area (Å²) in [6.45, 7) is 4.47. The Kier molecular flexibility index (Phi) is 12.0. The lowest BCUT2D eigenvalue weighted by Gasteiger charge is -2.11. The van der Waals surface area contributed by atoms with Crippen LogP contribution in [0.25, 0.3) is 0 Å². The smallest absolute Gasteiger partial charge is 0.191 e. The Balaban J connectivity index is 0.00000392. The van der Waals surface area contributed by atoms with Crippen molar-refractivity contribution in [1.82, 2.24) is 15.6 Å². The Morgan fingerprint density at radius 1 is 1.04 bits per heavy atom. The molecule has 0 aliphatic carbocycles. The summed E-state index contributed by atoms with van der Waals surface area (Å²) in [4.78, 5) is 8.99. The summed E-state index contributed by atoms with van der Waals surface area (Å²) in [5, 5.41) is 6.65. The molecule has 1 aromatic carbocycles. The fourth-order valence-corrected chi connectivity index (χ4v) is 2.71. The number of aromatic nitrogens is 1. The van der Waals surface area contributed by atoms with Crippen molar-refractivity contribution in [3.8, 4) is 11.5 Å². The third-order valence-electron chi connectivity index (χ3n) is 4.09. The summed E-state index contributed by atoms with van der Waals surface area (Å²) < 4.78 is 10.6. The Morgan fingerprint density at radius 3 is 2.54 bits per heavy atom. The van der Waals surface area contributed by atoms with Crippen molar-refractivity contribution in [3.63, 3.8) is 0 Å². The van der Waals surface area contributed by atoms with Gasteiger partial charge in [-0.05, 0) is 49.6 Å². The minimum Gasteiger partial charge on any atom is -0.493 e. The van der Waals surface area contributed by atoms with Crippen LogP contribution in [-0.4, -0.2) is 44.8 Å². The molecule has 2 N–H and O–H groups in total. The number of aryl methyl sites for hydroxylation is 1. The molecule has 154 valence electrons. The average Bonchev–Trinajstić information content (AvgIpc) is 2.71. The molecule has 0 radical (unpaired) electrons. The van der Waals surface area contributed by atoms with Gasteiger partial charge in [-0.1, -0.05) is 12.1 Å². The van der Waals surface area contributed by atoms with Gasteiger partial charge in [0.15, 0.2) is 17.5 Å². The number of hydrogen-bond donors (Lipinski definition) is 2.